The van der Waals surface area contributed by atoms with E-state index in [2.05, 4.69) is 63.8 Å². The van der Waals surface area contributed by atoms with Gasteiger partial charge in [0.1, 0.15) is 17.5 Å². The predicted octanol–water partition coefficient (Wildman–Crippen LogP) is 6.01. The molecule has 4 aromatic carbocycles. The number of nitrogens with one attached hydrogen (secondary N) is 2. The predicted molar refractivity (Wildman–Crippen MR) is 183 cm³/mol. The maximum atomic E-state index is 12.2. The van der Waals surface area contributed by atoms with Crippen molar-refractivity contribution in [1.29, 1.82) is 0 Å². The largest absolute Gasteiger partial charge is 0.508 e. The van der Waals surface area contributed by atoms with Gasteiger partial charge in [0, 0.05) is 50.5 Å². The Hall–Kier alpha value is -5.08. The number of piperidine rings is 1. The second-order valence-electron chi connectivity index (χ2n) is 12.0. The van der Waals surface area contributed by atoms with Gasteiger partial charge in [-0.15, -0.1) is 0 Å². The zero-order chi connectivity index (χ0) is 32.0. The highest BCUT2D eigenvalue weighted by Crippen LogP contribution is 2.36. The summed E-state index contributed by atoms with van der Waals surface area (Å²) in [5.74, 6) is 0.00219. The minimum atomic E-state index is -0.392. The van der Waals surface area contributed by atoms with Gasteiger partial charge in [-0.25, -0.2) is 0 Å². The monoisotopic (exact) mass is 616 g/mol. The summed E-state index contributed by atoms with van der Waals surface area (Å²) in [7, 11) is 0. The second-order valence-corrected chi connectivity index (χ2v) is 12.0. The highest BCUT2D eigenvalue weighted by molar-refractivity contribution is 6.01. The van der Waals surface area contributed by atoms with Crippen molar-refractivity contribution in [2.45, 2.75) is 38.8 Å². The van der Waals surface area contributed by atoms with Gasteiger partial charge in [-0.2, -0.15) is 0 Å². The van der Waals surface area contributed by atoms with E-state index in [1.165, 1.54) is 16.8 Å². The molecule has 2 fully saturated rings. The van der Waals surface area contributed by atoms with E-state index < -0.39 is 6.04 Å². The number of phenols is 2. The molecule has 6 rings (SSSR count). The molecule has 0 aliphatic carbocycles. The van der Waals surface area contributed by atoms with Crippen LogP contribution in [0.2, 0.25) is 0 Å². The van der Waals surface area contributed by atoms with E-state index in [1.54, 1.807) is 24.3 Å². The lowest BCUT2D eigenvalue weighted by Gasteiger charge is -2.36. The molecule has 2 heterocycles. The van der Waals surface area contributed by atoms with Crippen molar-refractivity contribution in [2.24, 2.45) is 0 Å². The van der Waals surface area contributed by atoms with Crippen LogP contribution in [0, 0.1) is 0 Å². The van der Waals surface area contributed by atoms with Gasteiger partial charge in [-0.1, -0.05) is 55.5 Å². The summed E-state index contributed by atoms with van der Waals surface area (Å²) in [6, 6.07) is 31.2. The fourth-order valence-electron chi connectivity index (χ4n) is 6.38. The van der Waals surface area contributed by atoms with Crippen molar-refractivity contribution in [3.63, 3.8) is 0 Å². The molecule has 0 saturated carbocycles. The first-order valence-corrected chi connectivity index (χ1v) is 15.9. The van der Waals surface area contributed by atoms with Gasteiger partial charge in [0.25, 0.3) is 0 Å². The molecule has 236 valence electrons. The van der Waals surface area contributed by atoms with Gasteiger partial charge in [0.05, 0.1) is 0 Å². The lowest BCUT2D eigenvalue weighted by Crippen LogP contribution is -2.47. The normalized spacial score (nSPS) is 17.8. The van der Waals surface area contributed by atoms with E-state index in [0.717, 1.165) is 67.1 Å². The Morgan fingerprint density at radius 3 is 2.02 bits per heavy atom. The molecule has 8 nitrogen and oxygen atoms in total. The molecule has 2 aliphatic rings. The maximum absolute atomic E-state index is 12.2. The number of nitrogens with zero attached hydrogens (tertiary/aromatic N) is 2. The van der Waals surface area contributed by atoms with Crippen LogP contribution in [0.15, 0.2) is 97.1 Å². The second kappa shape index (κ2) is 13.9. The van der Waals surface area contributed by atoms with Crippen LogP contribution in [0.4, 0.5) is 11.4 Å². The number of phenolic OH excluding ortho intramolecular Hbond substituents is 2. The molecule has 4 aromatic rings. The van der Waals surface area contributed by atoms with Gasteiger partial charge in [0.2, 0.25) is 11.8 Å². The molecule has 2 aliphatic heterocycles. The minimum absolute atomic E-state index is 0.209. The van der Waals surface area contributed by atoms with Gasteiger partial charge in [-0.05, 0) is 94.8 Å². The third-order valence-corrected chi connectivity index (χ3v) is 8.83. The number of hydrogen-bond donors (Lipinski definition) is 4. The SMILES string of the molecule is CCC(=C(c1ccc(O)cc1)c1ccc(N2CCN(Cc3cccc(NC4CCC(=O)NC4=O)c3)CC2)cc1)c1ccc(O)cc1. The maximum Gasteiger partial charge on any atom is 0.249 e. The molecule has 2 saturated heterocycles. The third-order valence-electron chi connectivity index (χ3n) is 8.83. The summed E-state index contributed by atoms with van der Waals surface area (Å²) in [6.45, 7) is 6.68. The molecule has 0 radical (unpaired) electrons. The molecule has 8 heteroatoms. The summed E-state index contributed by atoms with van der Waals surface area (Å²) >= 11 is 0. The Labute approximate surface area is 270 Å². The van der Waals surface area contributed by atoms with Crippen molar-refractivity contribution >= 4 is 34.3 Å². The fraction of sp³-hybridized carbons (Fsp3) is 0.263. The first kappa shape index (κ1) is 30.9. The minimum Gasteiger partial charge on any atom is -0.508 e. The van der Waals surface area contributed by atoms with E-state index in [-0.39, 0.29) is 23.3 Å². The molecule has 0 spiro atoms. The zero-order valence-corrected chi connectivity index (χ0v) is 26.1. The Kier molecular flexibility index (Phi) is 9.36. The number of piperazine rings is 1. The molecule has 46 heavy (non-hydrogen) atoms. The number of carbonyl (C=O) groups is 2. The molecule has 1 atom stereocenters. The average Bonchev–Trinajstić information content (AvgIpc) is 3.07. The number of rotatable bonds is 9. The van der Waals surface area contributed by atoms with Gasteiger partial charge in [0.15, 0.2) is 0 Å². The number of carbonyl (C=O) groups excluding carboxylic acids is 2. The number of amides is 2. The van der Waals surface area contributed by atoms with E-state index in [9.17, 15) is 19.8 Å². The molecule has 0 bridgehead atoms. The molecular formula is C38H40N4O4. The van der Waals surface area contributed by atoms with Crippen molar-refractivity contribution < 1.29 is 19.8 Å². The number of aromatic hydroxyl groups is 2. The van der Waals surface area contributed by atoms with Crippen LogP contribution in [0.25, 0.3) is 11.1 Å². The van der Waals surface area contributed by atoms with E-state index >= 15 is 0 Å². The fourth-order valence-corrected chi connectivity index (χ4v) is 6.38. The first-order chi connectivity index (χ1) is 22.4. The molecule has 2 amide bonds. The number of hydrogen-bond acceptors (Lipinski definition) is 7. The van der Waals surface area contributed by atoms with E-state index in [4.69, 9.17) is 0 Å². The van der Waals surface area contributed by atoms with Crippen molar-refractivity contribution in [3.05, 3.63) is 119 Å². The molecule has 0 aromatic heterocycles. The highest BCUT2D eigenvalue weighted by atomic mass is 16.3. The van der Waals surface area contributed by atoms with Crippen LogP contribution in [0.5, 0.6) is 11.5 Å². The average molecular weight is 617 g/mol. The van der Waals surface area contributed by atoms with Gasteiger partial charge in [-0.3, -0.25) is 19.8 Å². The number of allylic oxidation sites excluding steroid dienone is 1. The van der Waals surface area contributed by atoms with Crippen LogP contribution in [-0.4, -0.2) is 59.1 Å². The van der Waals surface area contributed by atoms with Crippen molar-refractivity contribution in [3.8, 4) is 11.5 Å². The van der Waals surface area contributed by atoms with E-state index in [1.807, 2.05) is 36.4 Å². The summed E-state index contributed by atoms with van der Waals surface area (Å²) in [6.07, 6.45) is 1.66. The van der Waals surface area contributed by atoms with Crippen molar-refractivity contribution in [2.75, 3.05) is 36.4 Å². The lowest BCUT2D eigenvalue weighted by molar-refractivity contribution is -0.133. The Balaban J connectivity index is 1.13. The topological polar surface area (TPSA) is 105 Å². The molecular weight excluding hydrogens is 576 g/mol. The van der Waals surface area contributed by atoms with Gasteiger partial charge < -0.3 is 20.4 Å². The number of imide groups is 1. The Morgan fingerprint density at radius 1 is 0.804 bits per heavy atom. The van der Waals surface area contributed by atoms with Crippen LogP contribution >= 0.6 is 0 Å². The highest BCUT2D eigenvalue weighted by Gasteiger charge is 2.26. The summed E-state index contributed by atoms with van der Waals surface area (Å²) < 4.78 is 0. The summed E-state index contributed by atoms with van der Waals surface area (Å²) in [5, 5.41) is 25.5. The van der Waals surface area contributed by atoms with E-state index in [0.29, 0.717) is 12.8 Å². The van der Waals surface area contributed by atoms with Crippen LogP contribution in [0.1, 0.15) is 48.4 Å². The first-order valence-electron chi connectivity index (χ1n) is 15.9. The Morgan fingerprint density at radius 2 is 1.41 bits per heavy atom. The summed E-state index contributed by atoms with van der Waals surface area (Å²) in [5.41, 5.74) is 8.73. The standard InChI is InChI=1S/C38H40N4O4/c1-2-34(27-8-14-32(43)15-9-27)37(29-10-16-33(44)17-11-29)28-6-12-31(13-7-28)42-22-20-41(21-23-42)25-26-4-3-5-30(24-26)39-35-18-19-36(45)40-38(35)46/h3-17,24,35,39,43-44H,2,18-23,25H2,1H3,(H,40,45,46). The third kappa shape index (κ3) is 7.24. The van der Waals surface area contributed by atoms with Gasteiger partial charge >= 0.3 is 0 Å². The van der Waals surface area contributed by atoms with Crippen molar-refractivity contribution in [1.82, 2.24) is 10.2 Å². The summed E-state index contributed by atoms with van der Waals surface area (Å²) in [4.78, 5) is 28.5. The van der Waals surface area contributed by atoms with Crippen LogP contribution in [0.3, 0.4) is 0 Å². The zero-order valence-electron chi connectivity index (χ0n) is 26.1. The smallest absolute Gasteiger partial charge is 0.249 e. The lowest BCUT2D eigenvalue weighted by atomic mass is 9.88. The Bertz CT molecular complexity index is 1710. The molecule has 1 unspecified atom stereocenters. The number of benzene rings is 4. The van der Waals surface area contributed by atoms with Crippen LogP contribution in [-0.2, 0) is 16.1 Å². The van der Waals surface area contributed by atoms with Crippen LogP contribution < -0.4 is 15.5 Å². The molecule has 4 N–H and O–H groups in total. The number of anilines is 2. The quantitative estimate of drug-likeness (QED) is 0.135.